The maximum absolute atomic E-state index is 12.3. The van der Waals surface area contributed by atoms with E-state index in [2.05, 4.69) is 48.9 Å². The molecule has 2 aromatic heterocycles. The fourth-order valence-electron chi connectivity index (χ4n) is 4.50. The molecule has 36 heavy (non-hydrogen) atoms. The van der Waals surface area contributed by atoms with Crippen LogP contribution in [0.25, 0.3) is 5.65 Å². The third-order valence-electron chi connectivity index (χ3n) is 6.75. The fraction of sp³-hybridized carbons (Fsp3) is 0.462. The molecule has 188 valence electrons. The monoisotopic (exact) mass is 487 g/mol. The summed E-state index contributed by atoms with van der Waals surface area (Å²) in [5, 5.41) is 23.7. The molecule has 2 aliphatic rings. The highest BCUT2D eigenvalue weighted by Crippen LogP contribution is 2.32. The maximum Gasteiger partial charge on any atom is 0.224 e. The Labute approximate surface area is 211 Å². The molecule has 3 heterocycles. The molecule has 10 nitrogen and oxygen atoms in total. The van der Waals surface area contributed by atoms with Crippen LogP contribution in [-0.4, -0.2) is 64.7 Å². The highest BCUT2D eigenvalue weighted by molar-refractivity contribution is 5.95. The van der Waals surface area contributed by atoms with E-state index in [4.69, 9.17) is 0 Å². The lowest BCUT2D eigenvalue weighted by Gasteiger charge is -2.26. The normalized spacial score (nSPS) is 15.6. The number of carbonyl (C=O) groups is 1. The van der Waals surface area contributed by atoms with Crippen molar-refractivity contribution >= 4 is 40.3 Å². The smallest absolute Gasteiger partial charge is 0.224 e. The highest BCUT2D eigenvalue weighted by atomic mass is 16.1. The van der Waals surface area contributed by atoms with Crippen LogP contribution in [0.4, 0.5) is 28.7 Å². The molecule has 1 saturated heterocycles. The average Bonchev–Trinajstić information content (AvgIpc) is 3.36. The van der Waals surface area contributed by atoms with Crippen LogP contribution in [0.3, 0.4) is 0 Å². The first-order chi connectivity index (χ1) is 17.5. The Morgan fingerprint density at radius 1 is 1.25 bits per heavy atom. The van der Waals surface area contributed by atoms with Gasteiger partial charge in [0.05, 0.1) is 17.6 Å². The highest BCUT2D eigenvalue weighted by Gasteiger charge is 2.23. The standard InChI is InChI=1S/C26H33N9O/c1-3-25(36)31-21-14-20(8-9-22(21)33(2)12-13-34-10-4-5-11-34)29-23-15-24(30-19-6-7-19)35-26(32-23)18(16-27)17-28-35/h8-9,14-15,17,19,30H,3-7,10-13H2,1-2H3,(H,29,32)(H,31,36). The number of nitriles is 1. The molecule has 1 saturated carbocycles. The lowest BCUT2D eigenvalue weighted by molar-refractivity contribution is -0.115. The molecule has 0 unspecified atom stereocenters. The molecule has 10 heteroatoms. The van der Waals surface area contributed by atoms with Crippen LogP contribution in [0.5, 0.6) is 0 Å². The molecule has 0 atom stereocenters. The van der Waals surface area contributed by atoms with Gasteiger partial charge in [0, 0.05) is 44.4 Å². The summed E-state index contributed by atoms with van der Waals surface area (Å²) in [7, 11) is 2.06. The third kappa shape index (κ3) is 5.36. The van der Waals surface area contributed by atoms with Crippen LogP contribution in [0, 0.1) is 11.3 Å². The number of likely N-dealkylation sites (N-methyl/N-ethyl adjacent to an activating group) is 1. The zero-order valence-corrected chi connectivity index (χ0v) is 20.9. The van der Waals surface area contributed by atoms with Gasteiger partial charge in [-0.15, -0.1) is 0 Å². The van der Waals surface area contributed by atoms with Crippen molar-refractivity contribution in [1.82, 2.24) is 19.5 Å². The predicted molar refractivity (Wildman–Crippen MR) is 142 cm³/mol. The molecule has 2 fully saturated rings. The zero-order valence-electron chi connectivity index (χ0n) is 20.9. The summed E-state index contributed by atoms with van der Waals surface area (Å²) in [5.41, 5.74) is 3.45. The van der Waals surface area contributed by atoms with Crippen LogP contribution in [0.2, 0.25) is 0 Å². The second kappa shape index (κ2) is 10.4. The molecule has 0 spiro atoms. The second-order valence-electron chi connectivity index (χ2n) is 9.58. The summed E-state index contributed by atoms with van der Waals surface area (Å²) in [6.45, 7) is 6.06. The number of anilines is 5. The Morgan fingerprint density at radius 3 is 2.78 bits per heavy atom. The molecule has 1 aliphatic carbocycles. The summed E-state index contributed by atoms with van der Waals surface area (Å²) in [6, 6.07) is 10.5. The maximum atomic E-state index is 12.3. The number of nitrogens with one attached hydrogen (secondary N) is 3. The van der Waals surface area contributed by atoms with Crippen LogP contribution in [-0.2, 0) is 4.79 Å². The largest absolute Gasteiger partial charge is 0.372 e. The number of nitrogens with zero attached hydrogens (tertiary/aromatic N) is 6. The molecule has 3 aromatic rings. The van der Waals surface area contributed by atoms with E-state index < -0.39 is 0 Å². The van der Waals surface area contributed by atoms with Gasteiger partial charge in [-0.3, -0.25) is 4.79 Å². The van der Waals surface area contributed by atoms with Crippen LogP contribution in [0.1, 0.15) is 44.6 Å². The lowest BCUT2D eigenvalue weighted by atomic mass is 10.2. The van der Waals surface area contributed by atoms with Crippen molar-refractivity contribution in [2.75, 3.05) is 54.1 Å². The van der Waals surface area contributed by atoms with Gasteiger partial charge in [0.15, 0.2) is 5.65 Å². The van der Waals surface area contributed by atoms with Crippen molar-refractivity contribution in [3.63, 3.8) is 0 Å². The van der Waals surface area contributed by atoms with E-state index in [-0.39, 0.29) is 5.91 Å². The van der Waals surface area contributed by atoms with Gasteiger partial charge >= 0.3 is 0 Å². The number of hydrogen-bond donors (Lipinski definition) is 3. The van der Waals surface area contributed by atoms with Crippen LogP contribution >= 0.6 is 0 Å². The number of aromatic nitrogens is 3. The number of benzene rings is 1. The Bertz CT molecular complexity index is 1280. The van der Waals surface area contributed by atoms with E-state index in [9.17, 15) is 10.1 Å². The van der Waals surface area contributed by atoms with E-state index in [0.717, 1.165) is 61.9 Å². The lowest BCUT2D eigenvalue weighted by Crippen LogP contribution is -2.31. The van der Waals surface area contributed by atoms with Gasteiger partial charge in [-0.2, -0.15) is 14.9 Å². The molecule has 1 aliphatic heterocycles. The zero-order chi connectivity index (χ0) is 25.1. The van der Waals surface area contributed by atoms with Crippen LogP contribution < -0.4 is 20.9 Å². The molecule has 3 N–H and O–H groups in total. The topological polar surface area (TPSA) is 114 Å². The van der Waals surface area contributed by atoms with Crippen molar-refractivity contribution in [2.45, 2.75) is 45.1 Å². The first-order valence-corrected chi connectivity index (χ1v) is 12.7. The molecule has 5 rings (SSSR count). The summed E-state index contributed by atoms with van der Waals surface area (Å²) >= 11 is 0. The number of carbonyl (C=O) groups excluding carboxylic acids is 1. The first kappa shape index (κ1) is 23.9. The number of fused-ring (bicyclic) bond motifs is 1. The number of likely N-dealkylation sites (tertiary alicyclic amines) is 1. The number of amides is 1. The van der Waals surface area contributed by atoms with Crippen molar-refractivity contribution in [1.29, 1.82) is 5.26 Å². The van der Waals surface area contributed by atoms with Gasteiger partial charge in [0.1, 0.15) is 23.3 Å². The predicted octanol–water partition coefficient (Wildman–Crippen LogP) is 3.80. The van der Waals surface area contributed by atoms with Gasteiger partial charge in [0.2, 0.25) is 5.91 Å². The van der Waals surface area contributed by atoms with E-state index in [0.29, 0.717) is 29.5 Å². The average molecular weight is 488 g/mol. The molecule has 1 amide bonds. The summed E-state index contributed by atoms with van der Waals surface area (Å²) in [6.07, 6.45) is 6.72. The second-order valence-corrected chi connectivity index (χ2v) is 9.58. The van der Waals surface area contributed by atoms with E-state index >= 15 is 0 Å². The Kier molecular flexibility index (Phi) is 6.91. The van der Waals surface area contributed by atoms with Crippen molar-refractivity contribution in [2.24, 2.45) is 0 Å². The fourth-order valence-corrected chi connectivity index (χ4v) is 4.50. The quantitative estimate of drug-likeness (QED) is 0.396. The van der Waals surface area contributed by atoms with Gasteiger partial charge in [-0.1, -0.05) is 6.92 Å². The summed E-state index contributed by atoms with van der Waals surface area (Å²) in [4.78, 5) is 21.6. The van der Waals surface area contributed by atoms with Gasteiger partial charge in [0.25, 0.3) is 0 Å². The minimum atomic E-state index is -0.0327. The molecular weight excluding hydrogens is 454 g/mol. The third-order valence-corrected chi connectivity index (χ3v) is 6.75. The van der Waals surface area contributed by atoms with Gasteiger partial charge < -0.3 is 25.8 Å². The Balaban J connectivity index is 1.41. The number of rotatable bonds is 10. The van der Waals surface area contributed by atoms with E-state index in [1.807, 2.05) is 31.2 Å². The van der Waals surface area contributed by atoms with Gasteiger partial charge in [-0.05, 0) is 57.0 Å². The van der Waals surface area contributed by atoms with Gasteiger partial charge in [-0.25, -0.2) is 4.98 Å². The van der Waals surface area contributed by atoms with Crippen molar-refractivity contribution in [3.8, 4) is 6.07 Å². The van der Waals surface area contributed by atoms with E-state index in [1.54, 1.807) is 4.52 Å². The number of hydrogen-bond acceptors (Lipinski definition) is 8. The van der Waals surface area contributed by atoms with Crippen molar-refractivity contribution in [3.05, 3.63) is 36.0 Å². The summed E-state index contributed by atoms with van der Waals surface area (Å²) in [5.74, 6) is 1.37. The first-order valence-electron chi connectivity index (χ1n) is 12.7. The molecule has 0 radical (unpaired) electrons. The Hall–Kier alpha value is -3.84. The summed E-state index contributed by atoms with van der Waals surface area (Å²) < 4.78 is 1.67. The minimum absolute atomic E-state index is 0.0327. The molecule has 0 bridgehead atoms. The van der Waals surface area contributed by atoms with E-state index in [1.165, 1.54) is 19.0 Å². The van der Waals surface area contributed by atoms with Crippen LogP contribution in [0.15, 0.2) is 30.5 Å². The minimum Gasteiger partial charge on any atom is -0.372 e. The Morgan fingerprint density at radius 2 is 2.06 bits per heavy atom. The SMILES string of the molecule is CCC(=O)Nc1cc(Nc2cc(NC3CC3)n3ncc(C#N)c3n2)ccc1N(C)CCN1CCCC1. The molecular formula is C26H33N9O. The van der Waals surface area contributed by atoms with Crippen molar-refractivity contribution < 1.29 is 4.79 Å². The molecule has 1 aromatic carbocycles.